The molecule has 0 saturated carbocycles. The summed E-state index contributed by atoms with van der Waals surface area (Å²) in [5, 5.41) is 19.5. The summed E-state index contributed by atoms with van der Waals surface area (Å²) in [6.07, 6.45) is 4.71. The van der Waals surface area contributed by atoms with E-state index in [-0.39, 0.29) is 0 Å². The first-order valence-corrected chi connectivity index (χ1v) is 5.33. The molecule has 0 aliphatic rings. The summed E-state index contributed by atoms with van der Waals surface area (Å²) >= 11 is 0. The highest BCUT2D eigenvalue weighted by Gasteiger charge is 2.01. The Bertz CT molecular complexity index is 348. The number of nitrogens with one attached hydrogen (secondary N) is 1. The first kappa shape index (κ1) is 12.4. The molecule has 0 amide bonds. The predicted molar refractivity (Wildman–Crippen MR) is 61.0 cm³/mol. The van der Waals surface area contributed by atoms with Gasteiger partial charge >= 0.3 is 0 Å². The fraction of sp³-hybridized carbons (Fsp3) is 0.545. The minimum atomic E-state index is 0.534. The van der Waals surface area contributed by atoms with E-state index < -0.39 is 0 Å². The van der Waals surface area contributed by atoms with Gasteiger partial charge < -0.3 is 10.1 Å². The molecule has 16 heavy (non-hydrogen) atoms. The van der Waals surface area contributed by atoms with Gasteiger partial charge in [0.05, 0.1) is 11.8 Å². The summed E-state index contributed by atoms with van der Waals surface area (Å²) in [4.78, 5) is 0. The van der Waals surface area contributed by atoms with Gasteiger partial charge in [0.1, 0.15) is 6.07 Å². The molecule has 0 spiro atoms. The molecule has 0 bridgehead atoms. The normalized spacial score (nSPS) is 9.75. The van der Waals surface area contributed by atoms with Crippen LogP contribution in [-0.4, -0.2) is 30.5 Å². The second kappa shape index (κ2) is 7.60. The minimum absolute atomic E-state index is 0.534. The van der Waals surface area contributed by atoms with Crippen molar-refractivity contribution in [3.63, 3.8) is 0 Å². The van der Waals surface area contributed by atoms with Gasteiger partial charge in [-0.3, -0.25) is 0 Å². The first-order chi connectivity index (χ1) is 7.88. The Morgan fingerprint density at radius 2 is 2.31 bits per heavy atom. The van der Waals surface area contributed by atoms with Crippen molar-refractivity contribution in [2.24, 2.45) is 0 Å². The molecular weight excluding hydrogens is 204 g/mol. The summed E-state index contributed by atoms with van der Waals surface area (Å²) in [7, 11) is 1.71. The fourth-order valence-corrected chi connectivity index (χ4v) is 1.31. The summed E-state index contributed by atoms with van der Waals surface area (Å²) in [5.41, 5.74) is 0.534. The fourth-order valence-electron chi connectivity index (χ4n) is 1.31. The van der Waals surface area contributed by atoms with E-state index in [2.05, 4.69) is 21.6 Å². The van der Waals surface area contributed by atoms with Crippen LogP contribution in [0.2, 0.25) is 0 Å². The van der Waals surface area contributed by atoms with Gasteiger partial charge in [-0.05, 0) is 25.3 Å². The van der Waals surface area contributed by atoms with Crippen LogP contribution >= 0.6 is 0 Å². The van der Waals surface area contributed by atoms with Gasteiger partial charge in [-0.15, -0.1) is 5.10 Å². The third kappa shape index (κ3) is 4.24. The molecule has 0 aliphatic heterocycles. The Hall–Kier alpha value is -1.67. The molecule has 1 rings (SSSR count). The standard InChI is InChI=1S/C11H16N4O/c1-16-8-4-2-3-6-13-11-10(9-12)5-7-14-15-11/h5,7H,2-4,6,8H2,1H3,(H,13,15). The third-order valence-corrected chi connectivity index (χ3v) is 2.16. The quantitative estimate of drug-likeness (QED) is 0.706. The van der Waals surface area contributed by atoms with Crippen molar-refractivity contribution < 1.29 is 4.74 Å². The van der Waals surface area contributed by atoms with Gasteiger partial charge in [0.15, 0.2) is 5.82 Å². The van der Waals surface area contributed by atoms with E-state index in [0.717, 1.165) is 32.4 Å². The van der Waals surface area contributed by atoms with Crippen LogP contribution in [-0.2, 0) is 4.74 Å². The maximum absolute atomic E-state index is 8.82. The molecular formula is C11H16N4O. The number of ether oxygens (including phenoxy) is 1. The molecule has 5 nitrogen and oxygen atoms in total. The van der Waals surface area contributed by atoms with Crippen LogP contribution < -0.4 is 5.32 Å². The van der Waals surface area contributed by atoms with Crippen LogP contribution in [0.5, 0.6) is 0 Å². The summed E-state index contributed by atoms with van der Waals surface area (Å²) < 4.78 is 4.96. The van der Waals surface area contributed by atoms with Crippen molar-refractivity contribution >= 4 is 5.82 Å². The zero-order valence-electron chi connectivity index (χ0n) is 9.44. The van der Waals surface area contributed by atoms with Crippen molar-refractivity contribution in [3.8, 4) is 6.07 Å². The predicted octanol–water partition coefficient (Wildman–Crippen LogP) is 1.58. The van der Waals surface area contributed by atoms with Gasteiger partial charge in [0, 0.05) is 20.3 Å². The van der Waals surface area contributed by atoms with Crippen molar-refractivity contribution in [1.29, 1.82) is 5.26 Å². The SMILES string of the molecule is COCCCCCNc1nnccc1C#N. The van der Waals surface area contributed by atoms with Crippen LogP contribution in [0.3, 0.4) is 0 Å². The van der Waals surface area contributed by atoms with E-state index in [1.54, 1.807) is 13.2 Å². The number of nitrogens with zero attached hydrogens (tertiary/aromatic N) is 3. The van der Waals surface area contributed by atoms with Crippen LogP contribution in [0.25, 0.3) is 0 Å². The maximum atomic E-state index is 8.82. The van der Waals surface area contributed by atoms with E-state index in [9.17, 15) is 0 Å². The van der Waals surface area contributed by atoms with E-state index in [0.29, 0.717) is 11.4 Å². The Kier molecular flexibility index (Phi) is 5.89. The van der Waals surface area contributed by atoms with Crippen molar-refractivity contribution in [2.75, 3.05) is 25.6 Å². The monoisotopic (exact) mass is 220 g/mol. The second-order valence-corrected chi connectivity index (χ2v) is 3.39. The van der Waals surface area contributed by atoms with E-state index in [1.807, 2.05) is 0 Å². The average molecular weight is 220 g/mol. The topological polar surface area (TPSA) is 70.8 Å². The summed E-state index contributed by atoms with van der Waals surface area (Å²) in [5.74, 6) is 0.566. The van der Waals surface area contributed by atoms with Crippen LogP contribution in [0.4, 0.5) is 5.82 Å². The van der Waals surface area contributed by atoms with Crippen LogP contribution in [0.1, 0.15) is 24.8 Å². The summed E-state index contributed by atoms with van der Waals surface area (Å²) in [6, 6.07) is 3.72. The van der Waals surface area contributed by atoms with Crippen LogP contribution in [0, 0.1) is 11.3 Å². The molecule has 0 aliphatic carbocycles. The zero-order chi connectivity index (χ0) is 11.6. The smallest absolute Gasteiger partial charge is 0.166 e. The van der Waals surface area contributed by atoms with E-state index in [1.165, 1.54) is 6.20 Å². The molecule has 1 heterocycles. The number of rotatable bonds is 7. The molecule has 5 heteroatoms. The molecule has 0 radical (unpaired) electrons. The number of hydrogen-bond donors (Lipinski definition) is 1. The number of hydrogen-bond acceptors (Lipinski definition) is 5. The minimum Gasteiger partial charge on any atom is -0.385 e. The Balaban J connectivity index is 2.24. The number of anilines is 1. The maximum Gasteiger partial charge on any atom is 0.166 e. The van der Waals surface area contributed by atoms with Crippen molar-refractivity contribution in [2.45, 2.75) is 19.3 Å². The Morgan fingerprint density at radius 3 is 3.06 bits per heavy atom. The lowest BCUT2D eigenvalue weighted by Crippen LogP contribution is -2.06. The largest absolute Gasteiger partial charge is 0.385 e. The van der Waals surface area contributed by atoms with Gasteiger partial charge in [0.25, 0.3) is 0 Å². The molecule has 0 saturated heterocycles. The average Bonchev–Trinajstić information content (AvgIpc) is 2.34. The number of nitriles is 1. The van der Waals surface area contributed by atoms with Gasteiger partial charge in [0.2, 0.25) is 0 Å². The van der Waals surface area contributed by atoms with Gasteiger partial charge in [-0.25, -0.2) is 0 Å². The highest BCUT2D eigenvalue weighted by Crippen LogP contribution is 2.08. The first-order valence-electron chi connectivity index (χ1n) is 5.33. The molecule has 0 unspecified atom stereocenters. The highest BCUT2D eigenvalue weighted by atomic mass is 16.5. The molecule has 0 fully saturated rings. The number of methoxy groups -OCH3 is 1. The van der Waals surface area contributed by atoms with Crippen LogP contribution in [0.15, 0.2) is 12.3 Å². The summed E-state index contributed by atoms with van der Waals surface area (Å²) in [6.45, 7) is 1.60. The number of unbranched alkanes of at least 4 members (excludes halogenated alkanes) is 2. The molecule has 1 N–H and O–H groups in total. The second-order valence-electron chi connectivity index (χ2n) is 3.39. The van der Waals surface area contributed by atoms with Gasteiger partial charge in [-0.2, -0.15) is 10.4 Å². The zero-order valence-corrected chi connectivity index (χ0v) is 9.44. The van der Waals surface area contributed by atoms with E-state index in [4.69, 9.17) is 10.00 Å². The molecule has 1 aromatic rings. The van der Waals surface area contributed by atoms with E-state index >= 15 is 0 Å². The molecule has 0 atom stereocenters. The lowest BCUT2D eigenvalue weighted by Gasteiger charge is -2.05. The Morgan fingerprint density at radius 1 is 1.44 bits per heavy atom. The van der Waals surface area contributed by atoms with Gasteiger partial charge in [-0.1, -0.05) is 0 Å². The number of aromatic nitrogens is 2. The molecule has 86 valence electrons. The highest BCUT2D eigenvalue weighted by molar-refractivity contribution is 5.49. The Labute approximate surface area is 95.4 Å². The van der Waals surface area contributed by atoms with Crippen molar-refractivity contribution in [1.82, 2.24) is 10.2 Å². The third-order valence-electron chi connectivity index (χ3n) is 2.16. The van der Waals surface area contributed by atoms with Crippen molar-refractivity contribution in [3.05, 3.63) is 17.8 Å². The lowest BCUT2D eigenvalue weighted by atomic mass is 10.2. The lowest BCUT2D eigenvalue weighted by molar-refractivity contribution is 0.192. The molecule has 1 aromatic heterocycles. The molecule has 0 aromatic carbocycles.